The molecule has 0 atom stereocenters. The van der Waals surface area contributed by atoms with E-state index in [-0.39, 0.29) is 5.91 Å². The Morgan fingerprint density at radius 2 is 1.74 bits per heavy atom. The molecular formula is C16H24N2O4S. The average molecular weight is 340 g/mol. The van der Waals surface area contributed by atoms with E-state index in [4.69, 9.17) is 4.42 Å². The molecule has 0 spiro atoms. The summed E-state index contributed by atoms with van der Waals surface area (Å²) in [5.41, 5.74) is 0.653. The van der Waals surface area contributed by atoms with Crippen LogP contribution < -0.4 is 0 Å². The van der Waals surface area contributed by atoms with Crippen LogP contribution >= 0.6 is 0 Å². The Morgan fingerprint density at radius 1 is 1.13 bits per heavy atom. The Balaban J connectivity index is 1.56. The van der Waals surface area contributed by atoms with E-state index in [9.17, 15) is 13.2 Å². The molecule has 7 heteroatoms. The standard InChI is InChI=1S/C16H24N2O4S/c1-12-11-15(13(2)22-12)16(19)18-7-5-17(6-8-18)14-3-9-23(20,21)10-4-14/h11,14H,3-10H2,1-2H3. The van der Waals surface area contributed by atoms with Crippen molar-refractivity contribution < 1.29 is 17.6 Å². The van der Waals surface area contributed by atoms with Crippen molar-refractivity contribution in [3.8, 4) is 0 Å². The minimum Gasteiger partial charge on any atom is -0.466 e. The number of carbonyl (C=O) groups is 1. The van der Waals surface area contributed by atoms with E-state index in [0.717, 1.165) is 31.7 Å². The molecule has 1 amide bonds. The summed E-state index contributed by atoms with van der Waals surface area (Å²) in [6.07, 6.45) is 1.44. The number of amides is 1. The summed E-state index contributed by atoms with van der Waals surface area (Å²) >= 11 is 0. The van der Waals surface area contributed by atoms with Gasteiger partial charge in [0, 0.05) is 32.2 Å². The summed E-state index contributed by atoms with van der Waals surface area (Å²) in [5.74, 6) is 2.06. The maximum absolute atomic E-state index is 12.6. The Kier molecular flexibility index (Phi) is 4.51. The zero-order valence-electron chi connectivity index (χ0n) is 13.7. The highest BCUT2D eigenvalue weighted by Crippen LogP contribution is 2.21. The third-order valence-corrected chi connectivity index (χ3v) is 6.63. The van der Waals surface area contributed by atoms with Crippen molar-refractivity contribution in [1.82, 2.24) is 9.80 Å². The smallest absolute Gasteiger partial charge is 0.257 e. The van der Waals surface area contributed by atoms with Crippen molar-refractivity contribution in [2.75, 3.05) is 37.7 Å². The number of hydrogen-bond donors (Lipinski definition) is 0. The molecule has 0 N–H and O–H groups in total. The predicted octanol–water partition coefficient (Wildman–Crippen LogP) is 1.23. The van der Waals surface area contributed by atoms with Crippen LogP contribution in [0.15, 0.2) is 10.5 Å². The van der Waals surface area contributed by atoms with Gasteiger partial charge in [-0.25, -0.2) is 8.42 Å². The van der Waals surface area contributed by atoms with Crippen molar-refractivity contribution in [3.05, 3.63) is 23.2 Å². The first-order valence-electron chi connectivity index (χ1n) is 8.16. The topological polar surface area (TPSA) is 70.8 Å². The summed E-state index contributed by atoms with van der Waals surface area (Å²) in [6.45, 7) is 6.66. The molecule has 3 heterocycles. The van der Waals surface area contributed by atoms with Gasteiger partial charge in [-0.1, -0.05) is 0 Å². The van der Waals surface area contributed by atoms with Crippen molar-refractivity contribution in [2.24, 2.45) is 0 Å². The quantitative estimate of drug-likeness (QED) is 0.810. The van der Waals surface area contributed by atoms with Crippen LogP contribution in [0, 0.1) is 13.8 Å². The molecule has 2 aliphatic rings. The SMILES string of the molecule is Cc1cc(C(=O)N2CCN(C3CCS(=O)(=O)CC3)CC2)c(C)o1. The fraction of sp³-hybridized carbons (Fsp3) is 0.688. The molecule has 0 saturated carbocycles. The molecule has 0 radical (unpaired) electrons. The molecule has 1 aromatic rings. The van der Waals surface area contributed by atoms with Gasteiger partial charge >= 0.3 is 0 Å². The van der Waals surface area contributed by atoms with Gasteiger partial charge in [-0.3, -0.25) is 9.69 Å². The lowest BCUT2D eigenvalue weighted by Gasteiger charge is -2.40. The fourth-order valence-electron chi connectivity index (χ4n) is 3.55. The van der Waals surface area contributed by atoms with Crippen LogP contribution in [0.4, 0.5) is 0 Å². The van der Waals surface area contributed by atoms with Crippen molar-refractivity contribution in [1.29, 1.82) is 0 Å². The molecule has 6 nitrogen and oxygen atoms in total. The van der Waals surface area contributed by atoms with E-state index in [0.29, 0.717) is 42.0 Å². The van der Waals surface area contributed by atoms with Crippen LogP contribution in [-0.4, -0.2) is 67.9 Å². The summed E-state index contributed by atoms with van der Waals surface area (Å²) in [5, 5.41) is 0. The molecular weight excluding hydrogens is 316 g/mol. The third-order valence-electron chi connectivity index (χ3n) is 4.91. The van der Waals surface area contributed by atoms with Crippen LogP contribution in [0.25, 0.3) is 0 Å². The maximum Gasteiger partial charge on any atom is 0.257 e. The first-order chi connectivity index (χ1) is 10.9. The van der Waals surface area contributed by atoms with E-state index < -0.39 is 9.84 Å². The first-order valence-corrected chi connectivity index (χ1v) is 9.98. The van der Waals surface area contributed by atoms with E-state index in [2.05, 4.69) is 4.90 Å². The number of carbonyl (C=O) groups excluding carboxylic acids is 1. The van der Waals surface area contributed by atoms with Gasteiger partial charge in [0.25, 0.3) is 5.91 Å². The van der Waals surface area contributed by atoms with Gasteiger partial charge < -0.3 is 9.32 Å². The second-order valence-corrected chi connectivity index (χ2v) is 8.84. The highest BCUT2D eigenvalue weighted by molar-refractivity contribution is 7.91. The molecule has 23 heavy (non-hydrogen) atoms. The second kappa shape index (κ2) is 6.28. The largest absolute Gasteiger partial charge is 0.466 e. The molecule has 0 unspecified atom stereocenters. The second-order valence-electron chi connectivity index (χ2n) is 6.54. The molecule has 2 saturated heterocycles. The minimum atomic E-state index is -2.82. The molecule has 0 aliphatic carbocycles. The van der Waals surface area contributed by atoms with Gasteiger partial charge in [0.2, 0.25) is 0 Å². The Labute approximate surface area is 137 Å². The molecule has 1 aromatic heterocycles. The average Bonchev–Trinajstić information content (AvgIpc) is 2.85. The van der Waals surface area contributed by atoms with Gasteiger partial charge in [0.15, 0.2) is 0 Å². The van der Waals surface area contributed by atoms with Crippen molar-refractivity contribution in [3.63, 3.8) is 0 Å². The normalized spacial score (nSPS) is 23.1. The highest BCUT2D eigenvalue weighted by atomic mass is 32.2. The highest BCUT2D eigenvalue weighted by Gasteiger charge is 2.31. The van der Waals surface area contributed by atoms with Crippen LogP contribution in [0.3, 0.4) is 0 Å². The third kappa shape index (κ3) is 3.61. The lowest BCUT2D eigenvalue weighted by molar-refractivity contribution is 0.0556. The number of piperazine rings is 1. The number of nitrogens with zero attached hydrogens (tertiary/aromatic N) is 2. The number of aryl methyl sites for hydroxylation is 2. The Bertz CT molecular complexity index is 673. The summed E-state index contributed by atoms with van der Waals surface area (Å²) in [4.78, 5) is 16.8. The van der Waals surface area contributed by atoms with Gasteiger partial charge in [0.1, 0.15) is 21.4 Å². The minimum absolute atomic E-state index is 0.0326. The zero-order valence-corrected chi connectivity index (χ0v) is 14.6. The lowest BCUT2D eigenvalue weighted by Crippen LogP contribution is -2.53. The van der Waals surface area contributed by atoms with E-state index >= 15 is 0 Å². The Morgan fingerprint density at radius 3 is 2.26 bits per heavy atom. The van der Waals surface area contributed by atoms with Crippen LogP contribution in [0.1, 0.15) is 34.7 Å². The summed E-state index contributed by atoms with van der Waals surface area (Å²) < 4.78 is 28.5. The zero-order chi connectivity index (χ0) is 16.6. The van der Waals surface area contributed by atoms with Crippen LogP contribution in [-0.2, 0) is 9.84 Å². The number of furan rings is 1. The summed E-state index contributed by atoms with van der Waals surface area (Å²) in [7, 11) is -2.82. The van der Waals surface area contributed by atoms with Crippen LogP contribution in [0.2, 0.25) is 0 Å². The van der Waals surface area contributed by atoms with Gasteiger partial charge in [-0.05, 0) is 32.8 Å². The molecule has 0 bridgehead atoms. The van der Waals surface area contributed by atoms with Crippen molar-refractivity contribution in [2.45, 2.75) is 32.7 Å². The van der Waals surface area contributed by atoms with Gasteiger partial charge in [-0.15, -0.1) is 0 Å². The van der Waals surface area contributed by atoms with Gasteiger partial charge in [0.05, 0.1) is 17.1 Å². The van der Waals surface area contributed by atoms with E-state index in [1.54, 1.807) is 6.07 Å². The molecule has 0 aromatic carbocycles. The van der Waals surface area contributed by atoms with Crippen LogP contribution in [0.5, 0.6) is 0 Å². The molecule has 3 rings (SSSR count). The molecule has 128 valence electrons. The fourth-order valence-corrected chi connectivity index (χ4v) is 5.01. The predicted molar refractivity (Wildman–Crippen MR) is 87.3 cm³/mol. The van der Waals surface area contributed by atoms with Crippen molar-refractivity contribution >= 4 is 15.7 Å². The molecule has 2 fully saturated rings. The summed E-state index contributed by atoms with van der Waals surface area (Å²) in [6, 6.07) is 2.14. The maximum atomic E-state index is 12.6. The molecule has 2 aliphatic heterocycles. The van der Waals surface area contributed by atoms with E-state index in [1.807, 2.05) is 18.7 Å². The van der Waals surface area contributed by atoms with Gasteiger partial charge in [-0.2, -0.15) is 0 Å². The lowest BCUT2D eigenvalue weighted by atomic mass is 10.1. The first kappa shape index (κ1) is 16.5. The monoisotopic (exact) mass is 340 g/mol. The number of sulfone groups is 1. The number of hydrogen-bond acceptors (Lipinski definition) is 5. The Hall–Kier alpha value is -1.34. The van der Waals surface area contributed by atoms with E-state index in [1.165, 1.54) is 0 Å². The number of rotatable bonds is 2.